The van der Waals surface area contributed by atoms with E-state index in [4.69, 9.17) is 0 Å². The second kappa shape index (κ2) is 9.83. The summed E-state index contributed by atoms with van der Waals surface area (Å²) in [6.45, 7) is 0.769. The predicted octanol–water partition coefficient (Wildman–Crippen LogP) is 2.94. The van der Waals surface area contributed by atoms with Crippen LogP contribution >= 0.6 is 0 Å². The molecule has 4 rings (SSSR count). The van der Waals surface area contributed by atoms with E-state index in [2.05, 4.69) is 10.0 Å². The second-order valence-electron chi connectivity index (χ2n) is 8.53. The molecule has 2 aromatic carbocycles. The van der Waals surface area contributed by atoms with Crippen LogP contribution in [0.1, 0.15) is 37.7 Å². The summed E-state index contributed by atoms with van der Waals surface area (Å²) >= 11 is 0. The molecule has 0 radical (unpaired) electrons. The summed E-state index contributed by atoms with van der Waals surface area (Å²) in [5, 5.41) is 2.83. The quantitative estimate of drug-likeness (QED) is 0.640. The number of amides is 2. The van der Waals surface area contributed by atoms with E-state index in [1.165, 1.54) is 12.1 Å². The summed E-state index contributed by atoms with van der Waals surface area (Å²) in [7, 11) is -3.63. The molecule has 170 valence electrons. The van der Waals surface area contributed by atoms with Gasteiger partial charge in [-0.2, -0.15) is 0 Å². The Morgan fingerprint density at radius 1 is 1.00 bits per heavy atom. The zero-order chi connectivity index (χ0) is 22.6. The Labute approximate surface area is 189 Å². The molecule has 0 spiro atoms. The molecule has 0 bridgehead atoms. The summed E-state index contributed by atoms with van der Waals surface area (Å²) in [5.41, 5.74) is 1.58. The van der Waals surface area contributed by atoms with Crippen LogP contribution in [0.5, 0.6) is 0 Å². The number of carbonyl (C=O) groups is 2. The lowest BCUT2D eigenvalue weighted by molar-refractivity contribution is -0.129. The number of hydrogen-bond donors (Lipinski definition) is 2. The first-order chi connectivity index (χ1) is 15.4. The van der Waals surface area contributed by atoms with Crippen molar-refractivity contribution in [3.05, 3.63) is 60.2 Å². The molecular formula is C24H29N3O4S. The average molecular weight is 456 g/mol. The van der Waals surface area contributed by atoms with E-state index in [0.29, 0.717) is 25.2 Å². The third-order valence-electron chi connectivity index (χ3n) is 6.28. The number of benzene rings is 2. The van der Waals surface area contributed by atoms with E-state index >= 15 is 0 Å². The fraction of sp³-hybridized carbons (Fsp3) is 0.417. The lowest BCUT2D eigenvalue weighted by atomic mass is 10.1. The van der Waals surface area contributed by atoms with Crippen LogP contribution < -0.4 is 10.0 Å². The number of carbonyl (C=O) groups excluding carboxylic acids is 2. The van der Waals surface area contributed by atoms with Gasteiger partial charge < -0.3 is 10.2 Å². The van der Waals surface area contributed by atoms with E-state index in [1.807, 2.05) is 35.2 Å². The molecule has 1 aliphatic heterocycles. The lowest BCUT2D eigenvalue weighted by Crippen LogP contribution is -2.35. The molecular weight excluding hydrogens is 426 g/mol. The Balaban J connectivity index is 1.30. The van der Waals surface area contributed by atoms with Gasteiger partial charge in [0.25, 0.3) is 0 Å². The number of likely N-dealkylation sites (tertiary alicyclic amines) is 1. The maximum atomic E-state index is 12.7. The minimum atomic E-state index is -3.63. The largest absolute Gasteiger partial charge is 0.339 e. The van der Waals surface area contributed by atoms with Crippen molar-refractivity contribution in [2.75, 3.05) is 18.4 Å². The van der Waals surface area contributed by atoms with Crippen molar-refractivity contribution in [2.24, 2.45) is 5.92 Å². The molecule has 1 heterocycles. The van der Waals surface area contributed by atoms with Crippen LogP contribution in [-0.4, -0.2) is 44.3 Å². The standard InChI is InChI=1S/C24H29N3O4S/c28-23-16-19(17-27(23)21-8-4-5-9-21)24(29)26-20-10-12-22(13-11-20)32(30,31)25-15-14-18-6-2-1-3-7-18/h1-3,6-7,10-13,19,21,25H,4-5,8-9,14-17H2,(H,26,29). The van der Waals surface area contributed by atoms with Crippen molar-refractivity contribution in [1.82, 2.24) is 9.62 Å². The van der Waals surface area contributed by atoms with Gasteiger partial charge in [-0.25, -0.2) is 13.1 Å². The molecule has 1 atom stereocenters. The Morgan fingerprint density at radius 2 is 1.69 bits per heavy atom. The lowest BCUT2D eigenvalue weighted by Gasteiger charge is -2.23. The van der Waals surface area contributed by atoms with Crippen LogP contribution in [0.25, 0.3) is 0 Å². The first kappa shape index (κ1) is 22.5. The monoisotopic (exact) mass is 455 g/mol. The second-order valence-corrected chi connectivity index (χ2v) is 10.3. The zero-order valence-electron chi connectivity index (χ0n) is 18.0. The molecule has 1 aliphatic carbocycles. The maximum absolute atomic E-state index is 12.7. The van der Waals surface area contributed by atoms with Crippen LogP contribution in [0, 0.1) is 5.92 Å². The number of sulfonamides is 1. The van der Waals surface area contributed by atoms with Gasteiger partial charge in [0, 0.05) is 31.2 Å². The SMILES string of the molecule is O=C(Nc1ccc(S(=O)(=O)NCCc2ccccc2)cc1)C1CC(=O)N(C2CCCC2)C1. The highest BCUT2D eigenvalue weighted by Gasteiger charge is 2.38. The molecule has 1 unspecified atom stereocenters. The zero-order valence-corrected chi connectivity index (χ0v) is 18.8. The number of anilines is 1. The predicted molar refractivity (Wildman–Crippen MR) is 122 cm³/mol. The molecule has 2 N–H and O–H groups in total. The van der Waals surface area contributed by atoms with E-state index in [1.54, 1.807) is 12.1 Å². The minimum Gasteiger partial charge on any atom is -0.339 e. The van der Waals surface area contributed by atoms with Crippen LogP contribution in [0.3, 0.4) is 0 Å². The number of rotatable bonds is 8. The van der Waals surface area contributed by atoms with Crippen LogP contribution in [0.2, 0.25) is 0 Å². The van der Waals surface area contributed by atoms with Gasteiger partial charge >= 0.3 is 0 Å². The van der Waals surface area contributed by atoms with Gasteiger partial charge in [0.2, 0.25) is 21.8 Å². The van der Waals surface area contributed by atoms with E-state index in [9.17, 15) is 18.0 Å². The highest BCUT2D eigenvalue weighted by molar-refractivity contribution is 7.89. The first-order valence-electron chi connectivity index (χ1n) is 11.2. The summed E-state index contributed by atoms with van der Waals surface area (Å²) in [6.07, 6.45) is 5.17. The Kier molecular flexibility index (Phi) is 6.91. The molecule has 7 nitrogen and oxygen atoms in total. The van der Waals surface area contributed by atoms with Crippen LogP contribution in [0.15, 0.2) is 59.5 Å². The summed E-state index contributed by atoms with van der Waals surface area (Å²) in [6, 6.07) is 16.1. The van der Waals surface area contributed by atoms with Crippen molar-refractivity contribution in [2.45, 2.75) is 49.5 Å². The van der Waals surface area contributed by atoms with Gasteiger partial charge in [-0.05, 0) is 49.1 Å². The Bertz CT molecular complexity index is 1050. The molecule has 32 heavy (non-hydrogen) atoms. The Morgan fingerprint density at radius 3 is 2.38 bits per heavy atom. The topological polar surface area (TPSA) is 95.6 Å². The normalized spacial score (nSPS) is 19.4. The third kappa shape index (κ3) is 5.37. The molecule has 2 amide bonds. The van der Waals surface area contributed by atoms with E-state index in [-0.39, 0.29) is 35.1 Å². The van der Waals surface area contributed by atoms with Crippen molar-refractivity contribution < 1.29 is 18.0 Å². The molecule has 2 aromatic rings. The van der Waals surface area contributed by atoms with Crippen molar-refractivity contribution in [1.29, 1.82) is 0 Å². The number of nitrogens with one attached hydrogen (secondary N) is 2. The highest BCUT2D eigenvalue weighted by Crippen LogP contribution is 2.30. The number of hydrogen-bond acceptors (Lipinski definition) is 4. The maximum Gasteiger partial charge on any atom is 0.240 e. The van der Waals surface area contributed by atoms with E-state index < -0.39 is 10.0 Å². The minimum absolute atomic E-state index is 0.0556. The molecule has 8 heteroatoms. The third-order valence-corrected chi connectivity index (χ3v) is 7.75. The molecule has 2 fully saturated rings. The Hall–Kier alpha value is -2.71. The van der Waals surface area contributed by atoms with Crippen molar-refractivity contribution >= 4 is 27.5 Å². The van der Waals surface area contributed by atoms with Gasteiger partial charge in [-0.3, -0.25) is 9.59 Å². The highest BCUT2D eigenvalue weighted by atomic mass is 32.2. The summed E-state index contributed by atoms with van der Waals surface area (Å²) in [4.78, 5) is 27.0. The van der Waals surface area contributed by atoms with Gasteiger partial charge in [0.15, 0.2) is 0 Å². The van der Waals surface area contributed by atoms with Crippen LogP contribution in [0.4, 0.5) is 5.69 Å². The average Bonchev–Trinajstić information content (AvgIpc) is 3.44. The van der Waals surface area contributed by atoms with Crippen molar-refractivity contribution in [3.63, 3.8) is 0 Å². The van der Waals surface area contributed by atoms with Crippen LogP contribution in [-0.2, 0) is 26.0 Å². The first-order valence-corrected chi connectivity index (χ1v) is 12.6. The van der Waals surface area contributed by atoms with Gasteiger partial charge in [0.05, 0.1) is 10.8 Å². The van der Waals surface area contributed by atoms with Crippen molar-refractivity contribution in [3.8, 4) is 0 Å². The van der Waals surface area contributed by atoms with Gasteiger partial charge in [0.1, 0.15) is 0 Å². The summed E-state index contributed by atoms with van der Waals surface area (Å²) < 4.78 is 27.7. The summed E-state index contributed by atoms with van der Waals surface area (Å²) in [5.74, 6) is -0.512. The fourth-order valence-electron chi connectivity index (χ4n) is 4.50. The van der Waals surface area contributed by atoms with Gasteiger partial charge in [-0.1, -0.05) is 43.2 Å². The molecule has 0 aromatic heterocycles. The smallest absolute Gasteiger partial charge is 0.240 e. The molecule has 2 aliphatic rings. The molecule has 1 saturated heterocycles. The molecule has 1 saturated carbocycles. The fourth-order valence-corrected chi connectivity index (χ4v) is 5.53. The van der Waals surface area contributed by atoms with Gasteiger partial charge in [-0.15, -0.1) is 0 Å². The number of nitrogens with zero attached hydrogens (tertiary/aromatic N) is 1. The van der Waals surface area contributed by atoms with E-state index in [0.717, 1.165) is 31.2 Å².